The minimum absolute atomic E-state index is 0.149. The molecule has 0 aliphatic heterocycles. The molecular weight excluding hydrogens is 727 g/mol. The first kappa shape index (κ1) is 28.7. The molecule has 6 heteroatoms. The summed E-state index contributed by atoms with van der Waals surface area (Å²) in [6.45, 7) is 0. The van der Waals surface area contributed by atoms with E-state index >= 15 is 0 Å². The Balaban J connectivity index is 1.25. The molecule has 58 heavy (non-hydrogen) atoms. The van der Waals surface area contributed by atoms with Crippen LogP contribution in [0.1, 0.15) is 12.4 Å². The molecular formula is C52H31N5S. The Morgan fingerprint density at radius 3 is 1.81 bits per heavy atom. The number of thiophene rings is 1. The van der Waals surface area contributed by atoms with Crippen LogP contribution in [0.3, 0.4) is 0 Å². The molecule has 0 N–H and O–H groups in total. The molecule has 3 aromatic heterocycles. The van der Waals surface area contributed by atoms with Crippen LogP contribution in [0, 0.1) is 11.3 Å². The van der Waals surface area contributed by atoms with Gasteiger partial charge in [0.25, 0.3) is 0 Å². The lowest BCUT2D eigenvalue weighted by atomic mass is 10.0. The molecule has 270 valence electrons. The Morgan fingerprint density at radius 1 is 0.466 bits per heavy atom. The number of hydrogen-bond acceptors (Lipinski definition) is 5. The first-order chi connectivity index (χ1) is 30.8. The summed E-state index contributed by atoms with van der Waals surface area (Å²) in [6.07, 6.45) is 0. The number of hydrogen-bond donors (Lipinski definition) is 0. The second-order valence-corrected chi connectivity index (χ2v) is 15.0. The molecule has 8 aromatic carbocycles. The Hall–Kier alpha value is -7.72. The number of rotatable bonds is 6. The summed E-state index contributed by atoms with van der Waals surface area (Å²) in [5.74, 6) is 1.50. The number of fused-ring (bicyclic) bond motifs is 6. The first-order valence-corrected chi connectivity index (χ1v) is 19.6. The van der Waals surface area contributed by atoms with Crippen molar-refractivity contribution in [3.63, 3.8) is 0 Å². The predicted molar refractivity (Wildman–Crippen MR) is 239 cm³/mol. The van der Waals surface area contributed by atoms with Gasteiger partial charge in [0, 0.05) is 53.3 Å². The highest BCUT2D eigenvalue weighted by atomic mass is 32.1. The van der Waals surface area contributed by atoms with E-state index in [0.29, 0.717) is 28.6 Å². The Labute approximate surface area is 345 Å². The van der Waals surface area contributed by atoms with E-state index in [1.54, 1.807) is 0 Å². The van der Waals surface area contributed by atoms with Gasteiger partial charge >= 0.3 is 0 Å². The first-order valence-electron chi connectivity index (χ1n) is 21.3. The van der Waals surface area contributed by atoms with E-state index < -0.39 is 6.04 Å². The smallest absolute Gasteiger partial charge is 0.165 e. The van der Waals surface area contributed by atoms with E-state index in [9.17, 15) is 5.26 Å². The van der Waals surface area contributed by atoms with Crippen LogP contribution in [0.5, 0.6) is 0 Å². The van der Waals surface area contributed by atoms with Crippen LogP contribution in [-0.4, -0.2) is 19.5 Å². The third-order valence-corrected chi connectivity index (χ3v) is 11.9. The molecule has 0 saturated carbocycles. The number of nitriles is 1. The maximum Gasteiger partial charge on any atom is 0.165 e. The number of aromatic nitrogens is 4. The molecule has 0 amide bonds. The zero-order chi connectivity index (χ0) is 42.9. The Kier molecular flexibility index (Phi) is 6.81. The standard InChI is InChI=1S/C52H31N5S/c53-32-33-23-25-34(26-24-33)38-27-28-42-41-19-10-11-22-46(41)57(47(42)29-38)39-30-44-43-21-12-20-40(35-13-4-1-5-14-35)48(43)58-49(44)45(31-39)52-55-50(36-15-6-2-7-16-36)54-51(56-52)37-17-8-3-9-18-37/h1-31H/i1D,4D,5D,13D,14D. The highest BCUT2D eigenvalue weighted by molar-refractivity contribution is 7.26. The molecule has 0 saturated heterocycles. The third kappa shape index (κ3) is 5.64. The van der Waals surface area contributed by atoms with E-state index in [-0.39, 0.29) is 29.7 Å². The molecule has 0 unspecified atom stereocenters. The summed E-state index contributed by atoms with van der Waals surface area (Å²) in [4.78, 5) is 15.4. The van der Waals surface area contributed by atoms with Crippen molar-refractivity contribution in [2.24, 2.45) is 0 Å². The van der Waals surface area contributed by atoms with Crippen LogP contribution >= 0.6 is 11.3 Å². The lowest BCUT2D eigenvalue weighted by Gasteiger charge is -2.13. The summed E-state index contributed by atoms with van der Waals surface area (Å²) in [5.41, 5.74) is 8.54. The van der Waals surface area contributed by atoms with Crippen molar-refractivity contribution in [1.29, 1.82) is 5.26 Å². The molecule has 0 atom stereocenters. The van der Waals surface area contributed by atoms with Gasteiger partial charge in [0.2, 0.25) is 0 Å². The molecule has 0 aliphatic rings. The Bertz CT molecular complexity index is 3600. The van der Waals surface area contributed by atoms with Gasteiger partial charge in [0.05, 0.1) is 29.5 Å². The molecule has 3 heterocycles. The van der Waals surface area contributed by atoms with Gasteiger partial charge in [-0.3, -0.25) is 0 Å². The van der Waals surface area contributed by atoms with Crippen LogP contribution < -0.4 is 0 Å². The highest BCUT2D eigenvalue weighted by Crippen LogP contribution is 2.46. The van der Waals surface area contributed by atoms with Crippen molar-refractivity contribution in [2.75, 3.05) is 0 Å². The third-order valence-electron chi connectivity index (χ3n) is 10.6. The Morgan fingerprint density at radius 2 is 1.09 bits per heavy atom. The molecule has 11 rings (SSSR count). The minimum atomic E-state index is -0.434. The van der Waals surface area contributed by atoms with Gasteiger partial charge in [0.1, 0.15) is 0 Å². The van der Waals surface area contributed by atoms with E-state index in [1.807, 2.05) is 115 Å². The number of nitrogens with zero attached hydrogens (tertiary/aromatic N) is 5. The molecule has 0 bridgehead atoms. The second kappa shape index (κ2) is 13.8. The van der Waals surface area contributed by atoms with Crippen molar-refractivity contribution in [1.82, 2.24) is 19.5 Å². The summed E-state index contributed by atoms with van der Waals surface area (Å²) < 4.78 is 47.1. The summed E-state index contributed by atoms with van der Waals surface area (Å²) in [7, 11) is 0. The summed E-state index contributed by atoms with van der Waals surface area (Å²) in [6, 6.07) is 52.6. The average Bonchev–Trinajstić information content (AvgIpc) is 3.89. The molecule has 0 radical (unpaired) electrons. The van der Waals surface area contributed by atoms with Crippen molar-refractivity contribution in [3.05, 3.63) is 194 Å². The fourth-order valence-corrected chi connectivity index (χ4v) is 9.17. The predicted octanol–water partition coefficient (Wildman–Crippen LogP) is 13.5. The van der Waals surface area contributed by atoms with Crippen LogP contribution in [0.25, 0.3) is 104 Å². The van der Waals surface area contributed by atoms with E-state index in [0.717, 1.165) is 75.5 Å². The van der Waals surface area contributed by atoms with Gasteiger partial charge in [-0.2, -0.15) is 5.26 Å². The maximum absolute atomic E-state index is 9.49. The lowest BCUT2D eigenvalue weighted by Crippen LogP contribution is -2.01. The SMILES string of the molecule is [2H]c1c([2H])c([2H])c(-c2cccc3c2sc2c(-c4nc(-c5ccccc5)nc(-c5ccccc5)n4)cc(-n4c5ccccc5c5ccc(-c6ccc(C#N)cc6)cc54)cc23)c([2H])c1[2H]. The molecule has 0 aliphatic carbocycles. The second-order valence-electron chi connectivity index (χ2n) is 14.0. The quantitative estimate of drug-likeness (QED) is 0.169. The van der Waals surface area contributed by atoms with Crippen molar-refractivity contribution >= 4 is 53.3 Å². The van der Waals surface area contributed by atoms with Crippen LogP contribution in [0.4, 0.5) is 0 Å². The maximum atomic E-state index is 9.49. The van der Waals surface area contributed by atoms with Crippen LogP contribution in [0.15, 0.2) is 188 Å². The fraction of sp³-hybridized carbons (Fsp3) is 0. The van der Waals surface area contributed by atoms with E-state index in [1.165, 1.54) is 11.3 Å². The van der Waals surface area contributed by atoms with Crippen molar-refractivity contribution in [2.45, 2.75) is 0 Å². The zero-order valence-electron chi connectivity index (χ0n) is 35.7. The topological polar surface area (TPSA) is 67.4 Å². The highest BCUT2D eigenvalue weighted by Gasteiger charge is 2.22. The molecule has 5 nitrogen and oxygen atoms in total. The van der Waals surface area contributed by atoms with Gasteiger partial charge in [-0.25, -0.2) is 15.0 Å². The van der Waals surface area contributed by atoms with Crippen molar-refractivity contribution < 1.29 is 6.85 Å². The fourth-order valence-electron chi connectivity index (χ4n) is 7.86. The van der Waals surface area contributed by atoms with Crippen LogP contribution in [-0.2, 0) is 0 Å². The van der Waals surface area contributed by atoms with Crippen LogP contribution in [0.2, 0.25) is 0 Å². The molecule has 0 fully saturated rings. The van der Waals surface area contributed by atoms with Gasteiger partial charge in [-0.1, -0.05) is 152 Å². The average molecular weight is 763 g/mol. The lowest BCUT2D eigenvalue weighted by molar-refractivity contribution is 1.07. The summed E-state index contributed by atoms with van der Waals surface area (Å²) >= 11 is 1.49. The normalized spacial score (nSPS) is 12.6. The molecule has 0 spiro atoms. The van der Waals surface area contributed by atoms with Crippen molar-refractivity contribution in [3.8, 4) is 68.2 Å². The van der Waals surface area contributed by atoms with Gasteiger partial charge in [-0.15, -0.1) is 11.3 Å². The number of benzene rings is 8. The molecule has 11 aromatic rings. The van der Waals surface area contributed by atoms with E-state index in [4.69, 9.17) is 21.8 Å². The largest absolute Gasteiger partial charge is 0.309 e. The van der Waals surface area contributed by atoms with Gasteiger partial charge < -0.3 is 4.57 Å². The van der Waals surface area contributed by atoms with Gasteiger partial charge in [-0.05, 0) is 58.7 Å². The van der Waals surface area contributed by atoms with Gasteiger partial charge in [0.15, 0.2) is 17.5 Å². The number of para-hydroxylation sites is 1. The zero-order valence-corrected chi connectivity index (χ0v) is 31.5. The van der Waals surface area contributed by atoms with E-state index in [2.05, 4.69) is 53.1 Å². The minimum Gasteiger partial charge on any atom is -0.309 e. The monoisotopic (exact) mass is 762 g/mol. The summed E-state index contributed by atoms with van der Waals surface area (Å²) in [5, 5.41) is 13.4.